The van der Waals surface area contributed by atoms with E-state index in [0.717, 1.165) is 16.8 Å². The number of benzene rings is 1. The van der Waals surface area contributed by atoms with Crippen molar-refractivity contribution in [2.24, 2.45) is 0 Å². The molecule has 2 rings (SSSR count). The molecule has 1 aromatic carbocycles. The Kier molecular flexibility index (Phi) is 3.14. The lowest BCUT2D eigenvalue weighted by molar-refractivity contribution is 0.0572. The Hall–Kier alpha value is -1.10. The Balaban J connectivity index is 2.27. The fourth-order valence-corrected chi connectivity index (χ4v) is 2.12. The highest BCUT2D eigenvalue weighted by Crippen LogP contribution is 2.26. The van der Waals surface area contributed by atoms with E-state index in [4.69, 9.17) is 0 Å². The summed E-state index contributed by atoms with van der Waals surface area (Å²) in [7, 11) is 0. The number of hydrogen-bond acceptors (Lipinski definition) is 4. The lowest BCUT2D eigenvalue weighted by Crippen LogP contribution is -2.22. The molecule has 1 heterocycles. The molecule has 0 amide bonds. The summed E-state index contributed by atoms with van der Waals surface area (Å²) in [5.74, 6) is 0. The van der Waals surface area contributed by atoms with Gasteiger partial charge in [0.1, 0.15) is 0 Å². The summed E-state index contributed by atoms with van der Waals surface area (Å²) in [6, 6.07) is 5.81. The molecule has 0 aliphatic carbocycles. The van der Waals surface area contributed by atoms with Gasteiger partial charge >= 0.3 is 0 Å². The van der Waals surface area contributed by atoms with Gasteiger partial charge in [0.2, 0.25) is 0 Å². The molecule has 1 saturated heterocycles. The van der Waals surface area contributed by atoms with Crippen LogP contribution in [0.3, 0.4) is 0 Å². The summed E-state index contributed by atoms with van der Waals surface area (Å²) in [5, 5.41) is 28.3. The molecule has 4 nitrogen and oxygen atoms in total. The van der Waals surface area contributed by atoms with Crippen LogP contribution in [-0.2, 0) is 6.61 Å². The largest absolute Gasteiger partial charge is 0.392 e. The van der Waals surface area contributed by atoms with Crippen molar-refractivity contribution >= 4 is 5.69 Å². The molecule has 0 spiro atoms. The SMILES string of the molecule is Cc1ccc(N2CC(O)C(O)C2)c(CO)c1. The number of anilines is 1. The topological polar surface area (TPSA) is 63.9 Å². The van der Waals surface area contributed by atoms with Gasteiger partial charge in [0.15, 0.2) is 0 Å². The minimum absolute atomic E-state index is 0.0281. The van der Waals surface area contributed by atoms with E-state index in [0.29, 0.717) is 13.1 Å². The molecule has 0 aromatic heterocycles. The maximum atomic E-state index is 9.49. The van der Waals surface area contributed by atoms with Crippen LogP contribution in [0, 0.1) is 6.92 Å². The van der Waals surface area contributed by atoms with Crippen LogP contribution in [0.15, 0.2) is 18.2 Å². The third-order valence-corrected chi connectivity index (χ3v) is 3.01. The first-order valence-electron chi connectivity index (χ1n) is 5.43. The van der Waals surface area contributed by atoms with Gasteiger partial charge in [0.25, 0.3) is 0 Å². The summed E-state index contributed by atoms with van der Waals surface area (Å²) in [4.78, 5) is 1.90. The molecule has 0 saturated carbocycles. The second-order valence-electron chi connectivity index (χ2n) is 4.33. The quantitative estimate of drug-likeness (QED) is 0.662. The van der Waals surface area contributed by atoms with Crippen molar-refractivity contribution < 1.29 is 15.3 Å². The first-order chi connectivity index (χ1) is 7.61. The van der Waals surface area contributed by atoms with Crippen LogP contribution in [0.25, 0.3) is 0 Å². The fraction of sp³-hybridized carbons (Fsp3) is 0.500. The van der Waals surface area contributed by atoms with Crippen molar-refractivity contribution in [3.8, 4) is 0 Å². The zero-order valence-corrected chi connectivity index (χ0v) is 9.30. The van der Waals surface area contributed by atoms with Gasteiger partial charge in [-0.25, -0.2) is 0 Å². The van der Waals surface area contributed by atoms with Gasteiger partial charge in [-0.1, -0.05) is 17.7 Å². The monoisotopic (exact) mass is 223 g/mol. The van der Waals surface area contributed by atoms with Crippen molar-refractivity contribution in [3.63, 3.8) is 0 Å². The Bertz CT molecular complexity index is 371. The summed E-state index contributed by atoms with van der Waals surface area (Å²) in [5.41, 5.74) is 2.82. The van der Waals surface area contributed by atoms with Crippen LogP contribution in [0.4, 0.5) is 5.69 Å². The lowest BCUT2D eigenvalue weighted by Gasteiger charge is -2.21. The van der Waals surface area contributed by atoms with Gasteiger partial charge in [-0.05, 0) is 13.0 Å². The van der Waals surface area contributed by atoms with Gasteiger partial charge < -0.3 is 20.2 Å². The van der Waals surface area contributed by atoms with E-state index in [1.54, 1.807) is 0 Å². The summed E-state index contributed by atoms with van der Waals surface area (Å²) in [6.45, 7) is 2.77. The standard InChI is InChI=1S/C12H17NO3/c1-8-2-3-10(9(4-8)7-14)13-5-11(15)12(16)6-13/h2-4,11-12,14-16H,5-7H2,1H3. The van der Waals surface area contributed by atoms with E-state index in [2.05, 4.69) is 0 Å². The zero-order chi connectivity index (χ0) is 11.7. The van der Waals surface area contributed by atoms with Crippen molar-refractivity contribution in [1.82, 2.24) is 0 Å². The Morgan fingerprint density at radius 3 is 2.44 bits per heavy atom. The van der Waals surface area contributed by atoms with Gasteiger partial charge in [-0.15, -0.1) is 0 Å². The van der Waals surface area contributed by atoms with Crippen LogP contribution in [-0.4, -0.2) is 40.6 Å². The van der Waals surface area contributed by atoms with Gasteiger partial charge in [-0.2, -0.15) is 0 Å². The Morgan fingerprint density at radius 2 is 1.88 bits per heavy atom. The molecule has 0 radical (unpaired) electrons. The van der Waals surface area contributed by atoms with Crippen molar-refractivity contribution in [3.05, 3.63) is 29.3 Å². The maximum Gasteiger partial charge on any atom is 0.0990 e. The summed E-state index contributed by atoms with van der Waals surface area (Å²) in [6.07, 6.45) is -1.40. The molecule has 2 unspecified atom stereocenters. The third-order valence-electron chi connectivity index (χ3n) is 3.01. The Morgan fingerprint density at radius 1 is 1.25 bits per heavy atom. The fourth-order valence-electron chi connectivity index (χ4n) is 2.12. The minimum atomic E-state index is -0.701. The number of nitrogens with zero attached hydrogens (tertiary/aromatic N) is 1. The van der Waals surface area contributed by atoms with E-state index in [-0.39, 0.29) is 6.61 Å². The molecule has 1 aromatic rings. The normalized spacial score (nSPS) is 25.1. The zero-order valence-electron chi connectivity index (χ0n) is 9.30. The average Bonchev–Trinajstić information content (AvgIpc) is 2.59. The second-order valence-corrected chi connectivity index (χ2v) is 4.33. The molecule has 4 heteroatoms. The third kappa shape index (κ3) is 2.04. The summed E-state index contributed by atoms with van der Waals surface area (Å²) >= 11 is 0. The minimum Gasteiger partial charge on any atom is -0.392 e. The van der Waals surface area contributed by atoms with Crippen LogP contribution in [0.2, 0.25) is 0 Å². The van der Waals surface area contributed by atoms with Crippen LogP contribution < -0.4 is 4.90 Å². The highest BCUT2D eigenvalue weighted by atomic mass is 16.3. The number of β-amino-alcohol motifs (C(OH)–C–C–N with tert-alkyl or cyclic N) is 2. The van der Waals surface area contributed by atoms with Crippen molar-refractivity contribution in [2.45, 2.75) is 25.7 Å². The van der Waals surface area contributed by atoms with Crippen LogP contribution in [0.5, 0.6) is 0 Å². The molecule has 0 bridgehead atoms. The van der Waals surface area contributed by atoms with Crippen LogP contribution in [0.1, 0.15) is 11.1 Å². The van der Waals surface area contributed by atoms with Gasteiger partial charge in [0, 0.05) is 24.3 Å². The molecular weight excluding hydrogens is 206 g/mol. The van der Waals surface area contributed by atoms with Crippen LogP contribution >= 0.6 is 0 Å². The number of aliphatic hydroxyl groups excluding tert-OH is 3. The number of rotatable bonds is 2. The highest BCUT2D eigenvalue weighted by Gasteiger charge is 2.30. The molecule has 3 N–H and O–H groups in total. The number of aliphatic hydroxyl groups is 3. The lowest BCUT2D eigenvalue weighted by atomic mass is 10.1. The predicted molar refractivity (Wildman–Crippen MR) is 61.3 cm³/mol. The van der Waals surface area contributed by atoms with E-state index in [1.165, 1.54) is 0 Å². The number of hydrogen-bond donors (Lipinski definition) is 3. The molecule has 88 valence electrons. The van der Waals surface area contributed by atoms with E-state index >= 15 is 0 Å². The first-order valence-corrected chi connectivity index (χ1v) is 5.43. The molecule has 1 aliphatic rings. The number of aryl methyl sites for hydroxylation is 1. The summed E-state index contributed by atoms with van der Waals surface area (Å²) < 4.78 is 0. The molecular formula is C12H17NO3. The molecule has 1 aliphatic heterocycles. The maximum absolute atomic E-state index is 9.49. The second kappa shape index (κ2) is 4.41. The predicted octanol–water partition coefficient (Wildman–Crippen LogP) is 0.0291. The highest BCUT2D eigenvalue weighted by molar-refractivity contribution is 5.56. The van der Waals surface area contributed by atoms with Gasteiger partial charge in [0.05, 0.1) is 18.8 Å². The Labute approximate surface area is 94.8 Å². The molecule has 1 fully saturated rings. The van der Waals surface area contributed by atoms with E-state index in [9.17, 15) is 15.3 Å². The average molecular weight is 223 g/mol. The molecule has 16 heavy (non-hydrogen) atoms. The molecule has 2 atom stereocenters. The first kappa shape index (κ1) is 11.4. The van der Waals surface area contributed by atoms with E-state index in [1.807, 2.05) is 30.0 Å². The van der Waals surface area contributed by atoms with E-state index < -0.39 is 12.2 Å². The smallest absolute Gasteiger partial charge is 0.0990 e. The van der Waals surface area contributed by atoms with Crippen molar-refractivity contribution in [1.29, 1.82) is 0 Å². The van der Waals surface area contributed by atoms with Crippen molar-refractivity contribution in [2.75, 3.05) is 18.0 Å². The van der Waals surface area contributed by atoms with Gasteiger partial charge in [-0.3, -0.25) is 0 Å².